The molecule has 1 rings (SSSR count). The van der Waals surface area contributed by atoms with E-state index in [2.05, 4.69) is 0 Å². The zero-order valence-corrected chi connectivity index (χ0v) is 12.8. The van der Waals surface area contributed by atoms with Gasteiger partial charge < -0.3 is 20.7 Å². The Morgan fingerprint density at radius 3 is 2.35 bits per heavy atom. The van der Waals surface area contributed by atoms with Crippen molar-refractivity contribution in [1.29, 1.82) is 0 Å². The Balaban J connectivity index is 2.43. The molecule has 0 aliphatic rings. The molecule has 0 radical (unpaired) electrons. The predicted octanol–water partition coefficient (Wildman–Crippen LogP) is 1.86. The largest absolute Gasteiger partial charge is 0.491 e. The zero-order valence-electron chi connectivity index (χ0n) is 12.8. The van der Waals surface area contributed by atoms with Gasteiger partial charge in [0.1, 0.15) is 25.1 Å². The number of benzene rings is 1. The molecule has 0 aliphatic carbocycles. The molecule has 6 nitrogen and oxygen atoms in total. The molecule has 0 aromatic heterocycles. The summed E-state index contributed by atoms with van der Waals surface area (Å²) in [6.45, 7) is -0.528. The van der Waals surface area contributed by atoms with Crippen LogP contribution in [0.3, 0.4) is 0 Å². The molecule has 0 aliphatic heterocycles. The number of hydrogen-bond acceptors (Lipinski definition) is 4. The Labute approximate surface area is 134 Å². The SMILES string of the molecule is N[C@@H](C[C@H](CCCc1ccc(OCCF)cc1)C(=O)O)C(=O)O. The van der Waals surface area contributed by atoms with Crippen LogP contribution < -0.4 is 10.5 Å². The molecule has 23 heavy (non-hydrogen) atoms. The van der Waals surface area contributed by atoms with Crippen LogP contribution in [-0.2, 0) is 16.0 Å². The molecule has 0 saturated carbocycles. The number of aryl methyl sites for hydroxylation is 1. The third-order valence-corrected chi connectivity index (χ3v) is 3.49. The predicted molar refractivity (Wildman–Crippen MR) is 82.2 cm³/mol. The molecule has 2 atom stereocenters. The first-order valence-electron chi connectivity index (χ1n) is 7.43. The van der Waals surface area contributed by atoms with Crippen LogP contribution >= 0.6 is 0 Å². The highest BCUT2D eigenvalue weighted by Crippen LogP contribution is 2.18. The Hall–Kier alpha value is -2.15. The van der Waals surface area contributed by atoms with Crippen LogP contribution in [-0.4, -0.2) is 41.5 Å². The summed E-state index contributed by atoms with van der Waals surface area (Å²) >= 11 is 0. The van der Waals surface area contributed by atoms with Gasteiger partial charge in [0.2, 0.25) is 0 Å². The normalized spacial score (nSPS) is 13.3. The summed E-state index contributed by atoms with van der Waals surface area (Å²) in [6, 6.07) is 5.99. The van der Waals surface area contributed by atoms with Gasteiger partial charge in [0.05, 0.1) is 5.92 Å². The van der Waals surface area contributed by atoms with E-state index in [9.17, 15) is 14.0 Å². The number of ether oxygens (including phenoxy) is 1. The van der Waals surface area contributed by atoms with E-state index in [1.54, 1.807) is 12.1 Å². The van der Waals surface area contributed by atoms with Crippen molar-refractivity contribution in [2.24, 2.45) is 11.7 Å². The maximum atomic E-state index is 12.0. The minimum atomic E-state index is -1.19. The molecule has 0 bridgehead atoms. The molecule has 128 valence electrons. The lowest BCUT2D eigenvalue weighted by Crippen LogP contribution is -2.34. The second-order valence-electron chi connectivity index (χ2n) is 5.29. The molecule has 0 unspecified atom stereocenters. The highest BCUT2D eigenvalue weighted by Gasteiger charge is 2.23. The average molecular weight is 327 g/mol. The molecular weight excluding hydrogens is 305 g/mol. The van der Waals surface area contributed by atoms with E-state index in [0.29, 0.717) is 25.0 Å². The first-order chi connectivity index (χ1) is 10.9. The number of carboxylic acids is 2. The van der Waals surface area contributed by atoms with Gasteiger partial charge in [0.25, 0.3) is 0 Å². The number of carbonyl (C=O) groups is 2. The van der Waals surface area contributed by atoms with Gasteiger partial charge in [-0.1, -0.05) is 12.1 Å². The summed E-state index contributed by atoms with van der Waals surface area (Å²) in [7, 11) is 0. The van der Waals surface area contributed by atoms with Crippen LogP contribution in [0.25, 0.3) is 0 Å². The van der Waals surface area contributed by atoms with Crippen LogP contribution in [0.2, 0.25) is 0 Å². The fourth-order valence-electron chi connectivity index (χ4n) is 2.21. The van der Waals surface area contributed by atoms with Crippen molar-refractivity contribution in [3.63, 3.8) is 0 Å². The smallest absolute Gasteiger partial charge is 0.320 e. The van der Waals surface area contributed by atoms with Crippen molar-refractivity contribution in [3.8, 4) is 5.75 Å². The van der Waals surface area contributed by atoms with Gasteiger partial charge in [-0.3, -0.25) is 9.59 Å². The second kappa shape index (κ2) is 9.78. The first kappa shape index (κ1) is 18.9. The topological polar surface area (TPSA) is 110 Å². The Morgan fingerprint density at radius 2 is 1.83 bits per heavy atom. The van der Waals surface area contributed by atoms with Gasteiger partial charge >= 0.3 is 11.9 Å². The lowest BCUT2D eigenvalue weighted by molar-refractivity contribution is -0.143. The van der Waals surface area contributed by atoms with Crippen molar-refractivity contribution < 1.29 is 28.9 Å². The zero-order chi connectivity index (χ0) is 17.2. The minimum Gasteiger partial charge on any atom is -0.491 e. The molecule has 0 amide bonds. The van der Waals surface area contributed by atoms with E-state index in [1.165, 1.54) is 0 Å². The highest BCUT2D eigenvalue weighted by molar-refractivity contribution is 5.75. The van der Waals surface area contributed by atoms with Crippen molar-refractivity contribution in [2.75, 3.05) is 13.3 Å². The second-order valence-corrected chi connectivity index (χ2v) is 5.29. The first-order valence-corrected chi connectivity index (χ1v) is 7.43. The molecule has 0 spiro atoms. The van der Waals surface area contributed by atoms with E-state index in [4.69, 9.17) is 20.7 Å². The molecule has 0 fully saturated rings. The van der Waals surface area contributed by atoms with Gasteiger partial charge in [-0.2, -0.15) is 0 Å². The quantitative estimate of drug-likeness (QED) is 0.572. The van der Waals surface area contributed by atoms with Crippen LogP contribution in [0, 0.1) is 5.92 Å². The van der Waals surface area contributed by atoms with Gasteiger partial charge in [0, 0.05) is 0 Å². The van der Waals surface area contributed by atoms with E-state index in [1.807, 2.05) is 12.1 Å². The molecule has 7 heteroatoms. The highest BCUT2D eigenvalue weighted by atomic mass is 19.1. The fraction of sp³-hybridized carbons (Fsp3) is 0.500. The molecule has 0 saturated heterocycles. The number of hydrogen-bond donors (Lipinski definition) is 3. The van der Waals surface area contributed by atoms with Crippen LogP contribution in [0.5, 0.6) is 5.75 Å². The minimum absolute atomic E-state index is 0.0173. The molecule has 1 aromatic rings. The summed E-state index contributed by atoms with van der Waals surface area (Å²) in [5.41, 5.74) is 6.40. The summed E-state index contributed by atoms with van der Waals surface area (Å²) in [6.07, 6.45) is 1.54. The number of rotatable bonds is 11. The van der Waals surface area contributed by atoms with Crippen molar-refractivity contribution >= 4 is 11.9 Å². The standard InChI is InChI=1S/C16H22FNO5/c17-8-9-23-13-6-4-11(5-7-13)2-1-3-12(15(19)20)10-14(18)16(21)22/h4-7,12,14H,1-3,8-10,18H2,(H,19,20)(H,21,22)/t12-,14-/m0/s1. The van der Waals surface area contributed by atoms with E-state index in [-0.39, 0.29) is 13.0 Å². The summed E-state index contributed by atoms with van der Waals surface area (Å²) in [5.74, 6) is -2.41. The lowest BCUT2D eigenvalue weighted by atomic mass is 9.93. The number of aliphatic carboxylic acids is 2. The molecule has 4 N–H and O–H groups in total. The van der Waals surface area contributed by atoms with E-state index < -0.39 is 30.6 Å². The van der Waals surface area contributed by atoms with Crippen molar-refractivity contribution in [3.05, 3.63) is 29.8 Å². The van der Waals surface area contributed by atoms with Gasteiger partial charge in [0.15, 0.2) is 0 Å². The maximum absolute atomic E-state index is 12.0. The average Bonchev–Trinajstić information content (AvgIpc) is 2.52. The maximum Gasteiger partial charge on any atom is 0.320 e. The van der Waals surface area contributed by atoms with Gasteiger partial charge in [-0.15, -0.1) is 0 Å². The number of alkyl halides is 1. The van der Waals surface area contributed by atoms with Crippen LogP contribution in [0.1, 0.15) is 24.8 Å². The summed E-state index contributed by atoms with van der Waals surface area (Å²) < 4.78 is 17.1. The van der Waals surface area contributed by atoms with E-state index in [0.717, 1.165) is 5.56 Å². The van der Waals surface area contributed by atoms with E-state index >= 15 is 0 Å². The summed E-state index contributed by atoms with van der Waals surface area (Å²) in [4.78, 5) is 21.9. The molecular formula is C16H22FNO5. The number of carboxylic acid groups (broad SMARTS) is 2. The number of halogens is 1. The lowest BCUT2D eigenvalue weighted by Gasteiger charge is -2.14. The van der Waals surface area contributed by atoms with Gasteiger partial charge in [-0.25, -0.2) is 4.39 Å². The third kappa shape index (κ3) is 7.10. The number of nitrogens with two attached hydrogens (primary N) is 1. The van der Waals surface area contributed by atoms with Gasteiger partial charge in [-0.05, 0) is 43.4 Å². The Kier molecular flexibility index (Phi) is 8.04. The third-order valence-electron chi connectivity index (χ3n) is 3.49. The van der Waals surface area contributed by atoms with Crippen molar-refractivity contribution in [2.45, 2.75) is 31.7 Å². The Bertz CT molecular complexity index is 506. The molecule has 0 heterocycles. The monoisotopic (exact) mass is 327 g/mol. The Morgan fingerprint density at radius 1 is 1.17 bits per heavy atom. The summed E-state index contributed by atoms with van der Waals surface area (Å²) in [5, 5.41) is 17.9. The van der Waals surface area contributed by atoms with Crippen LogP contribution in [0.4, 0.5) is 4.39 Å². The van der Waals surface area contributed by atoms with Crippen LogP contribution in [0.15, 0.2) is 24.3 Å². The van der Waals surface area contributed by atoms with Crippen molar-refractivity contribution in [1.82, 2.24) is 0 Å². The molecule has 1 aromatic carbocycles. The fourth-order valence-corrected chi connectivity index (χ4v) is 2.21.